The summed E-state index contributed by atoms with van der Waals surface area (Å²) < 4.78 is 0. The number of hydrogen-bond acceptors (Lipinski definition) is 4. The van der Waals surface area contributed by atoms with Gasteiger partial charge in [0.15, 0.2) is 6.04 Å². The molecule has 3 rings (SSSR count). The molecule has 6 nitrogen and oxygen atoms in total. The maximum absolute atomic E-state index is 12.5. The van der Waals surface area contributed by atoms with Crippen LogP contribution in [0.2, 0.25) is 5.02 Å². The third kappa shape index (κ3) is 3.35. The number of halogens is 1. The summed E-state index contributed by atoms with van der Waals surface area (Å²) in [5.41, 5.74) is 1.21. The van der Waals surface area contributed by atoms with Crippen molar-refractivity contribution in [2.24, 2.45) is 0 Å². The van der Waals surface area contributed by atoms with Crippen LogP contribution in [-0.4, -0.2) is 44.1 Å². The monoisotopic (exact) mass is 351 g/mol. The highest BCUT2D eigenvalue weighted by Gasteiger charge is 2.37. The van der Waals surface area contributed by atoms with E-state index in [2.05, 4.69) is 9.97 Å². The summed E-state index contributed by atoms with van der Waals surface area (Å²) in [5.74, 6) is -1.11. The fraction of sp³-hybridized carbons (Fsp3) is 0.267. The fourth-order valence-electron chi connectivity index (χ4n) is 2.55. The number of carboxylic acid groups (broad SMARTS) is 1. The third-order valence-electron chi connectivity index (χ3n) is 3.66. The van der Waals surface area contributed by atoms with Gasteiger partial charge in [-0.1, -0.05) is 11.6 Å². The lowest BCUT2D eigenvalue weighted by Crippen LogP contribution is -2.44. The molecule has 1 aromatic carbocycles. The number of nitrogens with zero attached hydrogens (tertiary/aromatic N) is 2. The van der Waals surface area contributed by atoms with Crippen molar-refractivity contribution in [2.75, 3.05) is 12.3 Å². The Balaban J connectivity index is 1.71. The number of amides is 1. The van der Waals surface area contributed by atoms with E-state index in [-0.39, 0.29) is 11.7 Å². The average molecular weight is 352 g/mol. The van der Waals surface area contributed by atoms with Crippen molar-refractivity contribution in [3.05, 3.63) is 47.0 Å². The highest BCUT2D eigenvalue weighted by molar-refractivity contribution is 8.00. The normalized spacial score (nSPS) is 16.9. The van der Waals surface area contributed by atoms with E-state index in [1.807, 2.05) is 12.1 Å². The minimum atomic E-state index is -1.07. The van der Waals surface area contributed by atoms with E-state index < -0.39 is 12.0 Å². The molecule has 0 radical (unpaired) electrons. The first-order valence-electron chi connectivity index (χ1n) is 6.99. The zero-order valence-electron chi connectivity index (χ0n) is 12.0. The summed E-state index contributed by atoms with van der Waals surface area (Å²) in [5, 5.41) is 10.1. The minimum Gasteiger partial charge on any atom is -0.479 e. The molecule has 0 saturated carbocycles. The van der Waals surface area contributed by atoms with Gasteiger partial charge in [-0.2, -0.15) is 0 Å². The first-order valence-corrected chi connectivity index (χ1v) is 8.35. The standard InChI is InChI=1S/C15H14ClN3O3S/c16-9-1-3-10(4-2-9)23-7-12(20)19-6-5-11-13(18-8-17-11)14(19)15(21)22/h1-4,8,14H,5-7H2,(H,17,18)(H,21,22)/t14-/m1/s1. The van der Waals surface area contributed by atoms with Crippen molar-refractivity contribution < 1.29 is 14.7 Å². The number of hydrogen-bond donors (Lipinski definition) is 2. The maximum Gasteiger partial charge on any atom is 0.332 e. The van der Waals surface area contributed by atoms with Crippen molar-refractivity contribution in [1.29, 1.82) is 0 Å². The zero-order chi connectivity index (χ0) is 16.4. The Labute approximate surface area is 141 Å². The quantitative estimate of drug-likeness (QED) is 0.826. The molecule has 0 aliphatic carbocycles. The van der Waals surface area contributed by atoms with Crippen LogP contribution in [0.15, 0.2) is 35.5 Å². The van der Waals surface area contributed by atoms with Crippen LogP contribution in [0, 0.1) is 0 Å². The largest absolute Gasteiger partial charge is 0.479 e. The van der Waals surface area contributed by atoms with Crippen molar-refractivity contribution in [2.45, 2.75) is 17.4 Å². The number of aromatic nitrogens is 2. The Morgan fingerprint density at radius 3 is 2.83 bits per heavy atom. The summed E-state index contributed by atoms with van der Waals surface area (Å²) in [6, 6.07) is 6.15. The lowest BCUT2D eigenvalue weighted by atomic mass is 10.0. The lowest BCUT2D eigenvalue weighted by Gasteiger charge is -2.32. The molecule has 2 N–H and O–H groups in total. The third-order valence-corrected chi connectivity index (χ3v) is 4.90. The Morgan fingerprint density at radius 2 is 2.13 bits per heavy atom. The predicted molar refractivity (Wildman–Crippen MR) is 86.6 cm³/mol. The highest BCUT2D eigenvalue weighted by atomic mass is 35.5. The van der Waals surface area contributed by atoms with Crippen LogP contribution in [0.5, 0.6) is 0 Å². The summed E-state index contributed by atoms with van der Waals surface area (Å²) in [6.07, 6.45) is 2.05. The molecule has 1 aromatic heterocycles. The smallest absolute Gasteiger partial charge is 0.332 e. The minimum absolute atomic E-state index is 0.172. The summed E-state index contributed by atoms with van der Waals surface area (Å²) in [4.78, 5) is 33.3. The van der Waals surface area contributed by atoms with Crippen molar-refractivity contribution in [3.8, 4) is 0 Å². The van der Waals surface area contributed by atoms with E-state index in [0.717, 1.165) is 10.6 Å². The number of carbonyl (C=O) groups excluding carboxylic acids is 1. The second-order valence-electron chi connectivity index (χ2n) is 5.09. The van der Waals surface area contributed by atoms with E-state index in [1.165, 1.54) is 23.0 Å². The number of aromatic amines is 1. The predicted octanol–water partition coefficient (Wildman–Crippen LogP) is 2.37. The molecule has 8 heteroatoms. The van der Waals surface area contributed by atoms with Gasteiger partial charge in [-0.25, -0.2) is 9.78 Å². The molecule has 1 atom stereocenters. The zero-order valence-corrected chi connectivity index (χ0v) is 13.6. The topological polar surface area (TPSA) is 86.3 Å². The number of fused-ring (bicyclic) bond motifs is 1. The summed E-state index contributed by atoms with van der Waals surface area (Å²) in [6.45, 7) is 0.367. The molecule has 1 aliphatic heterocycles. The van der Waals surface area contributed by atoms with Crippen LogP contribution in [0.4, 0.5) is 0 Å². The van der Waals surface area contributed by atoms with Crippen molar-refractivity contribution in [1.82, 2.24) is 14.9 Å². The van der Waals surface area contributed by atoms with Gasteiger partial charge in [0.1, 0.15) is 0 Å². The first-order chi connectivity index (χ1) is 11.1. The molecule has 0 saturated heterocycles. The molecule has 120 valence electrons. The van der Waals surface area contributed by atoms with E-state index in [0.29, 0.717) is 23.7 Å². The molecule has 23 heavy (non-hydrogen) atoms. The van der Waals surface area contributed by atoms with E-state index in [4.69, 9.17) is 11.6 Å². The molecule has 0 fully saturated rings. The Bertz CT molecular complexity index is 732. The number of nitrogens with one attached hydrogen (secondary N) is 1. The van der Waals surface area contributed by atoms with Gasteiger partial charge in [0.05, 0.1) is 17.8 Å². The number of benzene rings is 1. The molecule has 0 spiro atoms. The van der Waals surface area contributed by atoms with Crippen molar-refractivity contribution in [3.63, 3.8) is 0 Å². The second kappa shape index (κ2) is 6.64. The molecule has 2 heterocycles. The molecule has 0 bridgehead atoms. The first kappa shape index (κ1) is 15.9. The van der Waals surface area contributed by atoms with Gasteiger partial charge < -0.3 is 15.0 Å². The number of imidazole rings is 1. The number of aliphatic carboxylic acids is 1. The second-order valence-corrected chi connectivity index (χ2v) is 6.57. The lowest BCUT2D eigenvalue weighted by molar-refractivity contribution is -0.150. The number of rotatable bonds is 4. The number of carboxylic acids is 1. The van der Waals surface area contributed by atoms with Gasteiger partial charge >= 0.3 is 5.97 Å². The van der Waals surface area contributed by atoms with Crippen molar-refractivity contribution >= 4 is 35.2 Å². The number of thioether (sulfide) groups is 1. The van der Waals surface area contributed by atoms with Crippen LogP contribution in [0.25, 0.3) is 0 Å². The fourth-order valence-corrected chi connectivity index (χ4v) is 3.46. The molecule has 0 unspecified atom stereocenters. The molecule has 2 aromatic rings. The Hall–Kier alpha value is -1.99. The number of H-pyrrole nitrogens is 1. The van der Waals surface area contributed by atoms with Gasteiger partial charge in [0.25, 0.3) is 0 Å². The average Bonchev–Trinajstić information content (AvgIpc) is 3.01. The Kier molecular flexibility index (Phi) is 4.58. The molecule has 1 amide bonds. The number of carbonyl (C=O) groups is 2. The van der Waals surface area contributed by atoms with Crippen LogP contribution in [0.1, 0.15) is 17.4 Å². The van der Waals surface area contributed by atoms with E-state index in [1.54, 1.807) is 12.1 Å². The molecular weight excluding hydrogens is 338 g/mol. The van der Waals surface area contributed by atoms with Crippen LogP contribution < -0.4 is 0 Å². The van der Waals surface area contributed by atoms with Gasteiger partial charge in [-0.05, 0) is 24.3 Å². The Morgan fingerprint density at radius 1 is 1.39 bits per heavy atom. The highest BCUT2D eigenvalue weighted by Crippen LogP contribution is 2.29. The van der Waals surface area contributed by atoms with Gasteiger partial charge in [0.2, 0.25) is 5.91 Å². The van der Waals surface area contributed by atoms with E-state index in [9.17, 15) is 14.7 Å². The summed E-state index contributed by atoms with van der Waals surface area (Å²) >= 11 is 7.18. The summed E-state index contributed by atoms with van der Waals surface area (Å²) in [7, 11) is 0. The molecule has 1 aliphatic rings. The van der Waals surface area contributed by atoms with Gasteiger partial charge in [-0.15, -0.1) is 11.8 Å². The van der Waals surface area contributed by atoms with E-state index >= 15 is 0 Å². The van der Waals surface area contributed by atoms with Crippen LogP contribution >= 0.6 is 23.4 Å². The SMILES string of the molecule is O=C(O)[C@H]1c2nc[nH]c2CCN1C(=O)CSc1ccc(Cl)cc1. The van der Waals surface area contributed by atoms with Gasteiger partial charge in [0, 0.05) is 28.6 Å². The molecular formula is C15H14ClN3O3S. The van der Waals surface area contributed by atoms with Gasteiger partial charge in [-0.3, -0.25) is 4.79 Å². The van der Waals surface area contributed by atoms with Crippen LogP contribution in [0.3, 0.4) is 0 Å². The maximum atomic E-state index is 12.5. The van der Waals surface area contributed by atoms with Crippen LogP contribution in [-0.2, 0) is 16.0 Å².